The number of halogens is 2. The first kappa shape index (κ1) is 8.58. The maximum absolute atomic E-state index is 12.7. The van der Waals surface area contributed by atoms with E-state index in [-0.39, 0.29) is 5.56 Å². The van der Waals surface area contributed by atoms with Crippen LogP contribution in [0.1, 0.15) is 5.56 Å². The van der Waals surface area contributed by atoms with Crippen LogP contribution in [0, 0.1) is 11.6 Å². The average molecular weight is 173 g/mol. The van der Waals surface area contributed by atoms with E-state index in [0.29, 0.717) is 6.20 Å². The van der Waals surface area contributed by atoms with Crippen LogP contribution in [-0.2, 0) is 11.2 Å². The third-order valence-electron chi connectivity index (χ3n) is 1.25. The second kappa shape index (κ2) is 3.25. The monoisotopic (exact) mass is 173 g/mol. The Morgan fingerprint density at radius 1 is 1.50 bits per heavy atom. The van der Waals surface area contributed by atoms with Crippen molar-refractivity contribution in [2.45, 2.75) is 6.42 Å². The van der Waals surface area contributed by atoms with Crippen molar-refractivity contribution >= 4 is 5.97 Å². The van der Waals surface area contributed by atoms with E-state index in [1.54, 1.807) is 0 Å². The van der Waals surface area contributed by atoms with Crippen LogP contribution in [0.2, 0.25) is 0 Å². The van der Waals surface area contributed by atoms with E-state index in [2.05, 4.69) is 4.98 Å². The lowest BCUT2D eigenvalue weighted by molar-refractivity contribution is -0.136. The molecule has 1 aromatic heterocycles. The van der Waals surface area contributed by atoms with Gasteiger partial charge in [0.2, 0.25) is 0 Å². The Kier molecular flexibility index (Phi) is 2.32. The molecule has 3 nitrogen and oxygen atoms in total. The van der Waals surface area contributed by atoms with Crippen molar-refractivity contribution in [2.75, 3.05) is 0 Å². The van der Waals surface area contributed by atoms with Crippen molar-refractivity contribution in [2.24, 2.45) is 0 Å². The van der Waals surface area contributed by atoms with Gasteiger partial charge in [-0.05, 0) is 0 Å². The number of aliphatic carboxylic acids is 1. The fourth-order valence-corrected chi connectivity index (χ4v) is 0.746. The molecule has 0 saturated heterocycles. The summed E-state index contributed by atoms with van der Waals surface area (Å²) < 4.78 is 25.1. The Balaban J connectivity index is 3.00. The number of carbonyl (C=O) groups is 1. The molecule has 1 N–H and O–H groups in total. The highest BCUT2D eigenvalue weighted by molar-refractivity contribution is 5.70. The van der Waals surface area contributed by atoms with Gasteiger partial charge in [0.25, 0.3) is 0 Å². The number of hydrogen-bond donors (Lipinski definition) is 1. The Morgan fingerprint density at radius 2 is 2.17 bits per heavy atom. The largest absolute Gasteiger partial charge is 0.481 e. The molecule has 5 heteroatoms. The predicted molar refractivity (Wildman–Crippen MR) is 35.5 cm³/mol. The molecule has 1 rings (SSSR count). The van der Waals surface area contributed by atoms with Gasteiger partial charge >= 0.3 is 5.97 Å². The minimum Gasteiger partial charge on any atom is -0.481 e. The predicted octanol–water partition coefficient (Wildman–Crippen LogP) is 0.987. The first-order valence-electron chi connectivity index (χ1n) is 3.11. The van der Waals surface area contributed by atoms with Gasteiger partial charge in [-0.15, -0.1) is 0 Å². The molecule has 0 fully saturated rings. The average Bonchev–Trinajstić information content (AvgIpc) is 1.98. The van der Waals surface area contributed by atoms with E-state index in [9.17, 15) is 13.6 Å². The topological polar surface area (TPSA) is 50.2 Å². The van der Waals surface area contributed by atoms with Gasteiger partial charge in [0, 0.05) is 11.8 Å². The van der Waals surface area contributed by atoms with Crippen LogP contribution >= 0.6 is 0 Å². The lowest BCUT2D eigenvalue weighted by atomic mass is 10.2. The fraction of sp³-hybridized carbons (Fsp3) is 0.143. The normalized spacial score (nSPS) is 9.83. The summed E-state index contributed by atoms with van der Waals surface area (Å²) in [5.74, 6) is -3.50. The molecule has 12 heavy (non-hydrogen) atoms. The van der Waals surface area contributed by atoms with Gasteiger partial charge in [-0.3, -0.25) is 9.78 Å². The molecule has 1 heterocycles. The Hall–Kier alpha value is -1.52. The highest BCUT2D eigenvalue weighted by atomic mass is 19.2. The minimum atomic E-state index is -1.22. The molecule has 64 valence electrons. The molecule has 0 atom stereocenters. The highest BCUT2D eigenvalue weighted by Crippen LogP contribution is 2.09. The number of rotatable bonds is 2. The summed E-state index contributed by atoms with van der Waals surface area (Å²) >= 11 is 0. The number of carboxylic acid groups (broad SMARTS) is 1. The van der Waals surface area contributed by atoms with Crippen LogP contribution in [0.5, 0.6) is 0 Å². The fourth-order valence-electron chi connectivity index (χ4n) is 0.746. The molecule has 1 aromatic rings. The van der Waals surface area contributed by atoms with Crippen molar-refractivity contribution in [3.8, 4) is 0 Å². The van der Waals surface area contributed by atoms with Gasteiger partial charge in [-0.25, -0.2) is 8.78 Å². The zero-order chi connectivity index (χ0) is 9.14. The molecule has 0 aliphatic carbocycles. The SMILES string of the molecule is O=C(O)Cc1cncc(F)c1F. The van der Waals surface area contributed by atoms with Crippen LogP contribution in [0.25, 0.3) is 0 Å². The summed E-state index contributed by atoms with van der Waals surface area (Å²) in [5, 5.41) is 8.27. The maximum atomic E-state index is 12.7. The number of aromatic nitrogens is 1. The molecule has 0 radical (unpaired) electrons. The lowest BCUT2D eigenvalue weighted by Gasteiger charge is -1.98. The number of pyridine rings is 1. The quantitative estimate of drug-likeness (QED) is 0.725. The standard InChI is InChI=1S/C7H5F2NO2/c8-5-3-10-2-4(7(5)9)1-6(11)12/h2-3H,1H2,(H,11,12). The van der Waals surface area contributed by atoms with Crippen molar-refractivity contribution < 1.29 is 18.7 Å². The third kappa shape index (κ3) is 1.75. The summed E-state index contributed by atoms with van der Waals surface area (Å²) in [5.41, 5.74) is -0.248. The van der Waals surface area contributed by atoms with Crippen molar-refractivity contribution in [3.63, 3.8) is 0 Å². The number of nitrogens with zero attached hydrogens (tertiary/aromatic N) is 1. The lowest BCUT2D eigenvalue weighted by Crippen LogP contribution is -2.04. The van der Waals surface area contributed by atoms with E-state index < -0.39 is 24.0 Å². The van der Waals surface area contributed by atoms with Crippen LogP contribution in [0.15, 0.2) is 12.4 Å². The van der Waals surface area contributed by atoms with Crippen molar-refractivity contribution in [1.29, 1.82) is 0 Å². The molecule has 0 amide bonds. The van der Waals surface area contributed by atoms with Crippen LogP contribution in [0.3, 0.4) is 0 Å². The summed E-state index contributed by atoms with van der Waals surface area (Å²) in [4.78, 5) is 13.4. The van der Waals surface area contributed by atoms with Crippen LogP contribution in [-0.4, -0.2) is 16.1 Å². The van der Waals surface area contributed by atoms with E-state index >= 15 is 0 Å². The molecule has 0 unspecified atom stereocenters. The maximum Gasteiger partial charge on any atom is 0.307 e. The molecule has 0 aliphatic rings. The molecular formula is C7H5F2NO2. The zero-order valence-electron chi connectivity index (χ0n) is 5.92. The molecule has 0 aromatic carbocycles. The Labute approximate surface area is 66.7 Å². The molecule has 0 aliphatic heterocycles. The summed E-state index contributed by atoms with van der Waals surface area (Å²) in [6, 6.07) is 0. The van der Waals surface area contributed by atoms with Crippen molar-refractivity contribution in [1.82, 2.24) is 4.98 Å². The van der Waals surface area contributed by atoms with Gasteiger partial charge in [0.15, 0.2) is 11.6 Å². The van der Waals surface area contributed by atoms with Gasteiger partial charge in [0.1, 0.15) is 0 Å². The molecule has 0 spiro atoms. The van der Waals surface area contributed by atoms with Gasteiger partial charge in [0.05, 0.1) is 12.6 Å². The van der Waals surface area contributed by atoms with Gasteiger partial charge in [-0.1, -0.05) is 0 Å². The smallest absolute Gasteiger partial charge is 0.307 e. The Morgan fingerprint density at radius 3 is 2.75 bits per heavy atom. The first-order valence-corrected chi connectivity index (χ1v) is 3.11. The van der Waals surface area contributed by atoms with Crippen molar-refractivity contribution in [3.05, 3.63) is 29.6 Å². The Bertz CT molecular complexity index is 314. The third-order valence-corrected chi connectivity index (χ3v) is 1.25. The summed E-state index contributed by atoms with van der Waals surface area (Å²) in [7, 11) is 0. The highest BCUT2D eigenvalue weighted by Gasteiger charge is 2.10. The summed E-state index contributed by atoms with van der Waals surface area (Å²) in [6.45, 7) is 0. The van der Waals surface area contributed by atoms with E-state index in [0.717, 1.165) is 6.20 Å². The van der Waals surface area contributed by atoms with E-state index in [1.807, 2.05) is 0 Å². The van der Waals surface area contributed by atoms with Gasteiger partial charge in [-0.2, -0.15) is 0 Å². The number of carboxylic acids is 1. The summed E-state index contributed by atoms with van der Waals surface area (Å²) in [6.07, 6.45) is 1.13. The van der Waals surface area contributed by atoms with Crippen LogP contribution < -0.4 is 0 Å². The van der Waals surface area contributed by atoms with E-state index in [4.69, 9.17) is 5.11 Å². The first-order chi connectivity index (χ1) is 5.61. The van der Waals surface area contributed by atoms with Crippen LogP contribution in [0.4, 0.5) is 8.78 Å². The minimum absolute atomic E-state index is 0.248. The second-order valence-electron chi connectivity index (χ2n) is 2.16. The zero-order valence-corrected chi connectivity index (χ0v) is 5.92. The second-order valence-corrected chi connectivity index (χ2v) is 2.16. The molecule has 0 bridgehead atoms. The molecular weight excluding hydrogens is 168 g/mol. The number of hydrogen-bond acceptors (Lipinski definition) is 2. The van der Waals surface area contributed by atoms with E-state index in [1.165, 1.54) is 0 Å². The molecule has 0 saturated carbocycles. The van der Waals surface area contributed by atoms with Gasteiger partial charge < -0.3 is 5.11 Å².